The number of rotatable bonds is 3. The zero-order chi connectivity index (χ0) is 14.1. The molecule has 2 aromatic rings. The highest BCUT2D eigenvalue weighted by molar-refractivity contribution is 6.09. The Hall–Kier alpha value is -2.49. The van der Waals surface area contributed by atoms with Crippen LogP contribution in [-0.4, -0.2) is 26.7 Å². The first-order valence-corrected chi connectivity index (χ1v) is 6.37. The molecule has 3 rings (SSSR count). The standard InChI is InChI=1S/C16H15NO3/c1-17(2)13-6-3-11(4-7-13)16(18)12-5-8-14-15(9-12)20-10-19-14/h3-9H,10H2,1-2H3. The number of carbonyl (C=O) groups excluding carboxylic acids is 1. The summed E-state index contributed by atoms with van der Waals surface area (Å²) in [5.41, 5.74) is 2.33. The van der Waals surface area contributed by atoms with Gasteiger partial charge in [-0.05, 0) is 42.5 Å². The topological polar surface area (TPSA) is 38.8 Å². The maximum atomic E-state index is 12.4. The summed E-state index contributed by atoms with van der Waals surface area (Å²) >= 11 is 0. The van der Waals surface area contributed by atoms with Crippen molar-refractivity contribution in [1.29, 1.82) is 0 Å². The van der Waals surface area contributed by atoms with E-state index in [2.05, 4.69) is 0 Å². The first-order chi connectivity index (χ1) is 9.65. The summed E-state index contributed by atoms with van der Waals surface area (Å²) in [6, 6.07) is 12.8. The van der Waals surface area contributed by atoms with E-state index in [9.17, 15) is 4.79 Å². The average Bonchev–Trinajstić information content (AvgIpc) is 2.94. The second-order valence-corrected chi connectivity index (χ2v) is 4.84. The van der Waals surface area contributed by atoms with E-state index in [1.165, 1.54) is 0 Å². The molecule has 0 unspecified atom stereocenters. The van der Waals surface area contributed by atoms with Gasteiger partial charge in [0.15, 0.2) is 17.3 Å². The number of hydrogen-bond donors (Lipinski definition) is 0. The second kappa shape index (κ2) is 4.89. The molecule has 102 valence electrons. The van der Waals surface area contributed by atoms with E-state index in [1.54, 1.807) is 18.2 Å². The molecular formula is C16H15NO3. The Morgan fingerprint density at radius 3 is 2.30 bits per heavy atom. The molecule has 1 aliphatic rings. The van der Waals surface area contributed by atoms with Crippen molar-refractivity contribution < 1.29 is 14.3 Å². The lowest BCUT2D eigenvalue weighted by Crippen LogP contribution is -2.09. The van der Waals surface area contributed by atoms with E-state index in [1.807, 2.05) is 43.3 Å². The molecule has 1 aliphatic heterocycles. The molecule has 0 amide bonds. The van der Waals surface area contributed by atoms with Gasteiger partial charge in [-0.3, -0.25) is 4.79 Å². The van der Waals surface area contributed by atoms with Crippen molar-refractivity contribution in [2.75, 3.05) is 25.8 Å². The Kier molecular flexibility index (Phi) is 3.06. The molecule has 20 heavy (non-hydrogen) atoms. The molecule has 0 aromatic heterocycles. The van der Waals surface area contributed by atoms with E-state index >= 15 is 0 Å². The number of anilines is 1. The van der Waals surface area contributed by atoms with Crippen LogP contribution in [0.1, 0.15) is 15.9 Å². The summed E-state index contributed by atoms with van der Waals surface area (Å²) in [4.78, 5) is 14.4. The Balaban J connectivity index is 1.88. The van der Waals surface area contributed by atoms with Gasteiger partial charge in [0.05, 0.1) is 0 Å². The van der Waals surface area contributed by atoms with Gasteiger partial charge in [0, 0.05) is 30.9 Å². The number of ether oxygens (including phenoxy) is 2. The van der Waals surface area contributed by atoms with Crippen molar-refractivity contribution in [2.24, 2.45) is 0 Å². The van der Waals surface area contributed by atoms with Crippen molar-refractivity contribution in [3.8, 4) is 11.5 Å². The number of hydrogen-bond acceptors (Lipinski definition) is 4. The lowest BCUT2D eigenvalue weighted by Gasteiger charge is -2.12. The number of nitrogens with zero attached hydrogens (tertiary/aromatic N) is 1. The predicted molar refractivity (Wildman–Crippen MR) is 76.8 cm³/mol. The SMILES string of the molecule is CN(C)c1ccc(C(=O)c2ccc3c(c2)OCO3)cc1. The van der Waals surface area contributed by atoms with Gasteiger partial charge in [0.2, 0.25) is 6.79 Å². The van der Waals surface area contributed by atoms with Gasteiger partial charge in [-0.1, -0.05) is 0 Å². The monoisotopic (exact) mass is 269 g/mol. The first kappa shape index (κ1) is 12.5. The Bertz CT molecular complexity index is 647. The van der Waals surface area contributed by atoms with Crippen molar-refractivity contribution in [3.05, 3.63) is 53.6 Å². The van der Waals surface area contributed by atoms with Crippen LogP contribution in [0.3, 0.4) is 0 Å². The van der Waals surface area contributed by atoms with Crippen LogP contribution in [0.15, 0.2) is 42.5 Å². The number of benzene rings is 2. The molecule has 2 aromatic carbocycles. The molecule has 0 saturated heterocycles. The molecule has 0 fully saturated rings. The molecular weight excluding hydrogens is 254 g/mol. The van der Waals surface area contributed by atoms with Gasteiger partial charge < -0.3 is 14.4 Å². The lowest BCUT2D eigenvalue weighted by molar-refractivity contribution is 0.103. The highest BCUT2D eigenvalue weighted by Gasteiger charge is 2.17. The van der Waals surface area contributed by atoms with Gasteiger partial charge in [0.1, 0.15) is 0 Å². The highest BCUT2D eigenvalue weighted by atomic mass is 16.7. The summed E-state index contributed by atoms with van der Waals surface area (Å²) in [5.74, 6) is 1.29. The summed E-state index contributed by atoms with van der Waals surface area (Å²) in [6.45, 7) is 0.213. The smallest absolute Gasteiger partial charge is 0.231 e. The van der Waals surface area contributed by atoms with Crippen LogP contribution >= 0.6 is 0 Å². The number of ketones is 1. The van der Waals surface area contributed by atoms with Crippen LogP contribution < -0.4 is 14.4 Å². The average molecular weight is 269 g/mol. The number of fused-ring (bicyclic) bond motifs is 1. The highest BCUT2D eigenvalue weighted by Crippen LogP contribution is 2.33. The summed E-state index contributed by atoms with van der Waals surface area (Å²) in [5, 5.41) is 0. The minimum Gasteiger partial charge on any atom is -0.454 e. The molecule has 0 spiro atoms. The van der Waals surface area contributed by atoms with Crippen molar-refractivity contribution in [2.45, 2.75) is 0 Å². The fourth-order valence-electron chi connectivity index (χ4n) is 2.12. The third kappa shape index (κ3) is 2.20. The van der Waals surface area contributed by atoms with Crippen LogP contribution in [0, 0.1) is 0 Å². The van der Waals surface area contributed by atoms with Crippen molar-refractivity contribution in [3.63, 3.8) is 0 Å². The summed E-state index contributed by atoms with van der Waals surface area (Å²) < 4.78 is 10.5. The van der Waals surface area contributed by atoms with Gasteiger partial charge in [-0.25, -0.2) is 0 Å². The quantitative estimate of drug-likeness (QED) is 0.803. The summed E-state index contributed by atoms with van der Waals surface area (Å²) in [6.07, 6.45) is 0. The molecule has 0 N–H and O–H groups in total. The lowest BCUT2D eigenvalue weighted by atomic mass is 10.0. The van der Waals surface area contributed by atoms with E-state index < -0.39 is 0 Å². The molecule has 0 saturated carbocycles. The van der Waals surface area contributed by atoms with Crippen LogP contribution in [0.2, 0.25) is 0 Å². The van der Waals surface area contributed by atoms with Crippen LogP contribution in [0.5, 0.6) is 11.5 Å². The first-order valence-electron chi connectivity index (χ1n) is 6.37. The number of carbonyl (C=O) groups is 1. The Morgan fingerprint density at radius 1 is 0.950 bits per heavy atom. The zero-order valence-corrected chi connectivity index (χ0v) is 11.4. The molecule has 0 bridgehead atoms. The maximum absolute atomic E-state index is 12.4. The molecule has 1 heterocycles. The van der Waals surface area contributed by atoms with E-state index in [4.69, 9.17) is 9.47 Å². The third-order valence-corrected chi connectivity index (χ3v) is 3.28. The van der Waals surface area contributed by atoms with Gasteiger partial charge in [0.25, 0.3) is 0 Å². The van der Waals surface area contributed by atoms with E-state index in [0.29, 0.717) is 22.6 Å². The Morgan fingerprint density at radius 2 is 1.60 bits per heavy atom. The molecule has 4 nitrogen and oxygen atoms in total. The van der Waals surface area contributed by atoms with Gasteiger partial charge >= 0.3 is 0 Å². The van der Waals surface area contributed by atoms with Crippen molar-refractivity contribution >= 4 is 11.5 Å². The Labute approximate surface area is 117 Å². The normalized spacial score (nSPS) is 12.3. The fraction of sp³-hybridized carbons (Fsp3) is 0.188. The predicted octanol–water partition coefficient (Wildman–Crippen LogP) is 2.71. The minimum absolute atomic E-state index is 0.0198. The van der Waals surface area contributed by atoms with Crippen LogP contribution in [-0.2, 0) is 0 Å². The molecule has 0 aliphatic carbocycles. The second-order valence-electron chi connectivity index (χ2n) is 4.84. The van der Waals surface area contributed by atoms with Crippen LogP contribution in [0.4, 0.5) is 5.69 Å². The largest absolute Gasteiger partial charge is 0.454 e. The van der Waals surface area contributed by atoms with Crippen molar-refractivity contribution in [1.82, 2.24) is 0 Å². The van der Waals surface area contributed by atoms with Crippen LogP contribution in [0.25, 0.3) is 0 Å². The molecule has 0 atom stereocenters. The minimum atomic E-state index is -0.0198. The molecule has 4 heteroatoms. The fourth-order valence-corrected chi connectivity index (χ4v) is 2.12. The van der Waals surface area contributed by atoms with Gasteiger partial charge in [-0.2, -0.15) is 0 Å². The maximum Gasteiger partial charge on any atom is 0.231 e. The van der Waals surface area contributed by atoms with E-state index in [-0.39, 0.29) is 12.6 Å². The summed E-state index contributed by atoms with van der Waals surface area (Å²) in [7, 11) is 3.93. The zero-order valence-electron chi connectivity index (χ0n) is 11.4. The van der Waals surface area contributed by atoms with Gasteiger partial charge in [-0.15, -0.1) is 0 Å². The van der Waals surface area contributed by atoms with E-state index in [0.717, 1.165) is 5.69 Å². The third-order valence-electron chi connectivity index (χ3n) is 3.28. The molecule has 0 radical (unpaired) electrons.